The average Bonchev–Trinajstić information content (AvgIpc) is 2.18. The van der Waals surface area contributed by atoms with Gasteiger partial charge in [-0.15, -0.1) is 0 Å². The summed E-state index contributed by atoms with van der Waals surface area (Å²) in [5.41, 5.74) is 5.23. The van der Waals surface area contributed by atoms with Crippen molar-refractivity contribution in [1.82, 2.24) is 14.7 Å². The van der Waals surface area contributed by atoms with E-state index < -0.39 is 10.0 Å². The highest BCUT2D eigenvalue weighted by Gasteiger charge is 2.13. The summed E-state index contributed by atoms with van der Waals surface area (Å²) in [6.07, 6.45) is 2.30. The van der Waals surface area contributed by atoms with E-state index in [1.54, 1.807) is 0 Å². The van der Waals surface area contributed by atoms with E-state index in [0.29, 0.717) is 6.61 Å². The molecule has 0 amide bonds. The SMILES string of the molecule is COCCNS(=O)(=O)c1cnc(N)nc1. The summed E-state index contributed by atoms with van der Waals surface area (Å²) >= 11 is 0. The third-order valence-corrected chi connectivity index (χ3v) is 2.97. The van der Waals surface area contributed by atoms with E-state index in [2.05, 4.69) is 14.7 Å². The molecule has 84 valence electrons. The molecule has 0 spiro atoms. The smallest absolute Gasteiger partial charge is 0.243 e. The van der Waals surface area contributed by atoms with Gasteiger partial charge in [0.15, 0.2) is 0 Å². The fraction of sp³-hybridized carbons (Fsp3) is 0.429. The maximum Gasteiger partial charge on any atom is 0.243 e. The number of methoxy groups -OCH3 is 1. The van der Waals surface area contributed by atoms with Crippen LogP contribution in [0.2, 0.25) is 0 Å². The van der Waals surface area contributed by atoms with E-state index >= 15 is 0 Å². The van der Waals surface area contributed by atoms with Crippen LogP contribution in [0.1, 0.15) is 0 Å². The van der Waals surface area contributed by atoms with Crippen LogP contribution in [0.3, 0.4) is 0 Å². The number of ether oxygens (including phenoxy) is 1. The Balaban J connectivity index is 2.73. The number of nitrogen functional groups attached to an aromatic ring is 1. The van der Waals surface area contributed by atoms with E-state index in [1.807, 2.05) is 0 Å². The Kier molecular flexibility index (Phi) is 3.95. The Labute approximate surface area is 87.7 Å². The number of hydrogen-bond acceptors (Lipinski definition) is 6. The van der Waals surface area contributed by atoms with E-state index in [-0.39, 0.29) is 17.4 Å². The predicted molar refractivity (Wildman–Crippen MR) is 53.5 cm³/mol. The molecule has 8 heteroatoms. The van der Waals surface area contributed by atoms with Crippen molar-refractivity contribution in [2.45, 2.75) is 4.90 Å². The first-order valence-electron chi connectivity index (χ1n) is 4.12. The van der Waals surface area contributed by atoms with Gasteiger partial charge in [-0.05, 0) is 0 Å². The van der Waals surface area contributed by atoms with Crippen molar-refractivity contribution >= 4 is 16.0 Å². The lowest BCUT2D eigenvalue weighted by atomic mass is 10.7. The molecule has 0 saturated carbocycles. The second-order valence-electron chi connectivity index (χ2n) is 2.67. The van der Waals surface area contributed by atoms with Gasteiger partial charge in [0.25, 0.3) is 0 Å². The van der Waals surface area contributed by atoms with Crippen LogP contribution in [-0.4, -0.2) is 38.6 Å². The van der Waals surface area contributed by atoms with Crippen molar-refractivity contribution in [2.75, 3.05) is 26.0 Å². The van der Waals surface area contributed by atoms with Crippen molar-refractivity contribution in [2.24, 2.45) is 0 Å². The highest BCUT2D eigenvalue weighted by Crippen LogP contribution is 2.04. The largest absolute Gasteiger partial charge is 0.383 e. The molecule has 3 N–H and O–H groups in total. The number of nitrogens with two attached hydrogens (primary N) is 1. The normalized spacial score (nSPS) is 11.5. The number of rotatable bonds is 5. The van der Waals surface area contributed by atoms with E-state index in [9.17, 15) is 8.42 Å². The minimum absolute atomic E-state index is 0.0206. The van der Waals surface area contributed by atoms with Crippen molar-refractivity contribution in [3.8, 4) is 0 Å². The number of nitrogens with one attached hydrogen (secondary N) is 1. The lowest BCUT2D eigenvalue weighted by molar-refractivity contribution is 0.204. The van der Waals surface area contributed by atoms with Gasteiger partial charge in [-0.1, -0.05) is 0 Å². The van der Waals surface area contributed by atoms with E-state index in [1.165, 1.54) is 7.11 Å². The number of anilines is 1. The van der Waals surface area contributed by atoms with Gasteiger partial charge in [0.1, 0.15) is 4.90 Å². The van der Waals surface area contributed by atoms with Gasteiger partial charge in [-0.2, -0.15) is 0 Å². The topological polar surface area (TPSA) is 107 Å². The molecule has 0 saturated heterocycles. The van der Waals surface area contributed by atoms with Crippen LogP contribution in [0, 0.1) is 0 Å². The molecule has 0 aromatic carbocycles. The van der Waals surface area contributed by atoms with Crippen LogP contribution in [0.4, 0.5) is 5.95 Å². The van der Waals surface area contributed by atoms with Gasteiger partial charge in [-0.3, -0.25) is 0 Å². The van der Waals surface area contributed by atoms with Gasteiger partial charge in [0.05, 0.1) is 19.0 Å². The molecule has 1 aromatic heterocycles. The fourth-order valence-electron chi connectivity index (χ4n) is 0.826. The molecule has 0 bridgehead atoms. The molecule has 7 nitrogen and oxygen atoms in total. The molecule has 0 aliphatic carbocycles. The van der Waals surface area contributed by atoms with Crippen LogP contribution in [0.5, 0.6) is 0 Å². The lowest BCUT2D eigenvalue weighted by Gasteiger charge is -2.04. The molecule has 15 heavy (non-hydrogen) atoms. The zero-order chi connectivity index (χ0) is 11.3. The maximum atomic E-state index is 11.5. The third kappa shape index (κ3) is 3.42. The molecule has 1 rings (SSSR count). The summed E-state index contributed by atoms with van der Waals surface area (Å²) < 4.78 is 30.1. The first kappa shape index (κ1) is 11.8. The Morgan fingerprint density at radius 1 is 1.47 bits per heavy atom. The summed E-state index contributed by atoms with van der Waals surface area (Å²) in [7, 11) is -2.07. The van der Waals surface area contributed by atoms with Crippen molar-refractivity contribution in [3.63, 3.8) is 0 Å². The Bertz CT molecular complexity index is 403. The first-order chi connectivity index (χ1) is 7.06. The average molecular weight is 232 g/mol. The van der Waals surface area contributed by atoms with Gasteiger partial charge in [-0.25, -0.2) is 23.1 Å². The number of nitrogens with zero attached hydrogens (tertiary/aromatic N) is 2. The molecule has 0 aliphatic heterocycles. The Hall–Kier alpha value is -1.25. The number of hydrogen-bond donors (Lipinski definition) is 2. The van der Waals surface area contributed by atoms with E-state index in [4.69, 9.17) is 10.5 Å². The van der Waals surface area contributed by atoms with Crippen molar-refractivity contribution in [1.29, 1.82) is 0 Å². The van der Waals surface area contributed by atoms with E-state index in [0.717, 1.165) is 12.4 Å². The van der Waals surface area contributed by atoms with Crippen molar-refractivity contribution in [3.05, 3.63) is 12.4 Å². The number of aromatic nitrogens is 2. The minimum atomic E-state index is -3.56. The first-order valence-corrected chi connectivity index (χ1v) is 5.60. The summed E-state index contributed by atoms with van der Waals surface area (Å²) in [5.74, 6) is 0.0332. The molecule has 0 unspecified atom stereocenters. The van der Waals surface area contributed by atoms with Gasteiger partial charge in [0, 0.05) is 13.7 Å². The molecule has 0 aliphatic rings. The van der Waals surface area contributed by atoms with Crippen LogP contribution in [0.25, 0.3) is 0 Å². The highest BCUT2D eigenvalue weighted by atomic mass is 32.2. The number of sulfonamides is 1. The molecule has 1 heterocycles. The van der Waals surface area contributed by atoms with Gasteiger partial charge in [0.2, 0.25) is 16.0 Å². The summed E-state index contributed by atoms with van der Waals surface area (Å²) in [4.78, 5) is 7.16. The fourth-order valence-corrected chi connectivity index (χ4v) is 1.73. The Morgan fingerprint density at radius 2 is 2.07 bits per heavy atom. The zero-order valence-corrected chi connectivity index (χ0v) is 8.99. The summed E-state index contributed by atoms with van der Waals surface area (Å²) in [6, 6.07) is 0. The monoisotopic (exact) mass is 232 g/mol. The maximum absolute atomic E-state index is 11.5. The lowest BCUT2D eigenvalue weighted by Crippen LogP contribution is -2.27. The minimum Gasteiger partial charge on any atom is -0.383 e. The highest BCUT2D eigenvalue weighted by molar-refractivity contribution is 7.89. The summed E-state index contributed by atoms with van der Waals surface area (Å²) in [6.45, 7) is 0.498. The quantitative estimate of drug-likeness (QED) is 0.629. The summed E-state index contributed by atoms with van der Waals surface area (Å²) in [5, 5.41) is 0. The van der Waals surface area contributed by atoms with Gasteiger partial charge >= 0.3 is 0 Å². The molecule has 0 radical (unpaired) electrons. The van der Waals surface area contributed by atoms with Crippen LogP contribution >= 0.6 is 0 Å². The second kappa shape index (κ2) is 5.01. The van der Waals surface area contributed by atoms with Crippen LogP contribution < -0.4 is 10.5 Å². The molecular weight excluding hydrogens is 220 g/mol. The molecule has 1 aromatic rings. The van der Waals surface area contributed by atoms with Crippen molar-refractivity contribution < 1.29 is 13.2 Å². The standard InChI is InChI=1S/C7H12N4O3S/c1-14-3-2-11-15(12,13)6-4-9-7(8)10-5-6/h4-5,11H,2-3H2,1H3,(H2,8,9,10). The van der Waals surface area contributed by atoms with Crippen LogP contribution in [-0.2, 0) is 14.8 Å². The molecular formula is C7H12N4O3S. The molecule has 0 atom stereocenters. The Morgan fingerprint density at radius 3 is 2.60 bits per heavy atom. The third-order valence-electron chi connectivity index (χ3n) is 1.56. The van der Waals surface area contributed by atoms with Gasteiger partial charge < -0.3 is 10.5 Å². The second-order valence-corrected chi connectivity index (χ2v) is 4.43. The predicted octanol–water partition coefficient (Wildman–Crippen LogP) is -1.02. The zero-order valence-electron chi connectivity index (χ0n) is 8.17. The molecule has 0 fully saturated rings. The van der Waals surface area contributed by atoms with Crippen LogP contribution in [0.15, 0.2) is 17.3 Å².